The highest BCUT2D eigenvalue weighted by Crippen LogP contribution is 2.46. The average molecular weight is 462 g/mol. The largest absolute Gasteiger partial charge is 0.461 e. The molecule has 174 valence electrons. The zero-order chi connectivity index (χ0) is 24.1. The number of ether oxygens (including phenoxy) is 1. The van der Waals surface area contributed by atoms with Crippen LogP contribution in [0.25, 0.3) is 32.7 Å². The monoisotopic (exact) mass is 461 g/mol. The number of fused-ring (bicyclic) bond motifs is 3. The van der Waals surface area contributed by atoms with Crippen molar-refractivity contribution in [3.8, 4) is 0 Å². The molecule has 3 heterocycles. The Hall–Kier alpha value is -4.25. The molecule has 0 saturated heterocycles. The Morgan fingerprint density at radius 1 is 0.686 bits per heavy atom. The molecular weight excluding hydrogens is 434 g/mol. The van der Waals surface area contributed by atoms with E-state index >= 15 is 0 Å². The molecule has 6 aromatic rings. The molecule has 6 rings (SSSR count). The number of carbonyl (C=O) groups is 1. The first-order valence-corrected chi connectivity index (χ1v) is 12.0. The fourth-order valence-electron chi connectivity index (χ4n) is 5.60. The molecule has 3 N–H and O–H groups in total. The third kappa shape index (κ3) is 3.27. The Kier molecular flexibility index (Phi) is 4.99. The first kappa shape index (κ1) is 21.3. The van der Waals surface area contributed by atoms with Crippen molar-refractivity contribution in [3.05, 3.63) is 107 Å². The van der Waals surface area contributed by atoms with Gasteiger partial charge in [-0.15, -0.1) is 0 Å². The Balaban J connectivity index is 1.78. The molecule has 0 unspecified atom stereocenters. The summed E-state index contributed by atoms with van der Waals surface area (Å²) in [5, 5.41) is 3.33. The lowest BCUT2D eigenvalue weighted by Crippen LogP contribution is -2.13. The van der Waals surface area contributed by atoms with Crippen molar-refractivity contribution >= 4 is 38.7 Å². The molecule has 35 heavy (non-hydrogen) atoms. The molecule has 3 aromatic heterocycles. The molecule has 0 radical (unpaired) electrons. The second kappa shape index (κ2) is 8.20. The molecule has 0 fully saturated rings. The number of rotatable bonds is 5. The van der Waals surface area contributed by atoms with Crippen LogP contribution in [0.3, 0.4) is 0 Å². The van der Waals surface area contributed by atoms with Crippen LogP contribution < -0.4 is 0 Å². The van der Waals surface area contributed by atoms with Crippen molar-refractivity contribution < 1.29 is 9.53 Å². The van der Waals surface area contributed by atoms with Crippen LogP contribution >= 0.6 is 0 Å². The molecule has 3 aromatic carbocycles. The van der Waals surface area contributed by atoms with E-state index in [9.17, 15) is 4.79 Å². The number of carbonyl (C=O) groups excluding carboxylic acids is 1. The molecule has 0 aliphatic heterocycles. The normalized spacial score (nSPS) is 11.8. The summed E-state index contributed by atoms with van der Waals surface area (Å²) >= 11 is 0. The summed E-state index contributed by atoms with van der Waals surface area (Å²) in [6.45, 7) is 6.39. The first-order chi connectivity index (χ1) is 17.1. The van der Waals surface area contributed by atoms with Gasteiger partial charge in [0.25, 0.3) is 0 Å². The van der Waals surface area contributed by atoms with Crippen molar-refractivity contribution in [2.24, 2.45) is 0 Å². The van der Waals surface area contributed by atoms with Gasteiger partial charge >= 0.3 is 5.97 Å². The van der Waals surface area contributed by atoms with E-state index in [2.05, 4.69) is 71.3 Å². The summed E-state index contributed by atoms with van der Waals surface area (Å²) < 4.78 is 5.53. The molecule has 0 aliphatic carbocycles. The SMILES string of the molecule is CCOC(=O)c1[nH]c2ccccc2c1C(c1c(C)[nH]c2ccccc12)c1c(C)[nH]c2ccccc12. The van der Waals surface area contributed by atoms with E-state index < -0.39 is 0 Å². The van der Waals surface area contributed by atoms with Gasteiger partial charge in [0.15, 0.2) is 0 Å². The Bertz CT molecular complexity index is 1640. The van der Waals surface area contributed by atoms with Gasteiger partial charge in [-0.2, -0.15) is 0 Å². The number of aromatic nitrogens is 3. The summed E-state index contributed by atoms with van der Waals surface area (Å²) in [5.74, 6) is -0.531. The number of hydrogen-bond donors (Lipinski definition) is 3. The lowest BCUT2D eigenvalue weighted by atomic mass is 9.80. The Morgan fingerprint density at radius 3 is 1.60 bits per heavy atom. The number of nitrogens with one attached hydrogen (secondary N) is 3. The van der Waals surface area contributed by atoms with Gasteiger partial charge in [0, 0.05) is 55.6 Å². The third-order valence-electron chi connectivity index (χ3n) is 6.98. The van der Waals surface area contributed by atoms with Gasteiger partial charge < -0.3 is 19.7 Å². The van der Waals surface area contributed by atoms with Crippen LogP contribution in [0.1, 0.15) is 51.4 Å². The van der Waals surface area contributed by atoms with Gasteiger partial charge in [-0.1, -0.05) is 54.6 Å². The Labute approximate surface area is 203 Å². The zero-order valence-corrected chi connectivity index (χ0v) is 20.0. The van der Waals surface area contributed by atoms with E-state index in [1.54, 1.807) is 0 Å². The first-order valence-electron chi connectivity index (χ1n) is 12.0. The topological polar surface area (TPSA) is 73.7 Å². The second-order valence-electron chi connectivity index (χ2n) is 9.03. The summed E-state index contributed by atoms with van der Waals surface area (Å²) in [6.07, 6.45) is 0. The lowest BCUT2D eigenvalue weighted by Gasteiger charge is -2.21. The van der Waals surface area contributed by atoms with Crippen LogP contribution in [0.5, 0.6) is 0 Å². The molecule has 0 atom stereocenters. The van der Waals surface area contributed by atoms with E-state index in [4.69, 9.17) is 4.74 Å². The van der Waals surface area contributed by atoms with Crippen molar-refractivity contribution in [2.45, 2.75) is 26.7 Å². The maximum Gasteiger partial charge on any atom is 0.355 e. The number of benzene rings is 3. The predicted octanol–water partition coefficient (Wildman–Crippen LogP) is 7.10. The smallest absolute Gasteiger partial charge is 0.355 e. The van der Waals surface area contributed by atoms with Gasteiger partial charge in [0.1, 0.15) is 5.69 Å². The molecule has 0 saturated carbocycles. The van der Waals surface area contributed by atoms with Crippen LogP contribution in [0, 0.1) is 13.8 Å². The van der Waals surface area contributed by atoms with Crippen molar-refractivity contribution in [2.75, 3.05) is 6.61 Å². The third-order valence-corrected chi connectivity index (χ3v) is 6.98. The Morgan fingerprint density at radius 2 is 1.11 bits per heavy atom. The quantitative estimate of drug-likeness (QED) is 0.239. The number of H-pyrrole nitrogens is 3. The molecular formula is C30H27N3O2. The van der Waals surface area contributed by atoms with Crippen LogP contribution in [0.15, 0.2) is 72.8 Å². The van der Waals surface area contributed by atoms with Crippen LogP contribution in [0.2, 0.25) is 0 Å². The number of hydrogen-bond acceptors (Lipinski definition) is 2. The van der Waals surface area contributed by atoms with Crippen molar-refractivity contribution in [1.82, 2.24) is 15.0 Å². The molecule has 0 spiro atoms. The molecule has 5 heteroatoms. The lowest BCUT2D eigenvalue weighted by molar-refractivity contribution is 0.0519. The van der Waals surface area contributed by atoms with Gasteiger partial charge in [0.05, 0.1) is 6.61 Å². The molecule has 5 nitrogen and oxygen atoms in total. The van der Waals surface area contributed by atoms with Crippen molar-refractivity contribution in [1.29, 1.82) is 0 Å². The van der Waals surface area contributed by atoms with E-state index in [0.717, 1.165) is 49.7 Å². The van der Waals surface area contributed by atoms with Gasteiger partial charge in [-0.05, 0) is 50.1 Å². The number of aromatic amines is 3. The summed E-state index contributed by atoms with van der Waals surface area (Å²) in [5.41, 5.74) is 9.05. The number of para-hydroxylation sites is 3. The van der Waals surface area contributed by atoms with E-state index in [0.29, 0.717) is 12.3 Å². The van der Waals surface area contributed by atoms with Gasteiger partial charge in [0.2, 0.25) is 0 Å². The minimum Gasteiger partial charge on any atom is -0.461 e. The summed E-state index contributed by atoms with van der Waals surface area (Å²) in [7, 11) is 0. The second-order valence-corrected chi connectivity index (χ2v) is 9.03. The maximum atomic E-state index is 13.3. The van der Waals surface area contributed by atoms with Crippen LogP contribution in [-0.4, -0.2) is 27.5 Å². The van der Waals surface area contributed by atoms with E-state index in [1.807, 2.05) is 37.3 Å². The fraction of sp³-hybridized carbons (Fsp3) is 0.167. The van der Waals surface area contributed by atoms with Crippen molar-refractivity contribution in [3.63, 3.8) is 0 Å². The highest BCUT2D eigenvalue weighted by Gasteiger charge is 2.33. The van der Waals surface area contributed by atoms with Crippen LogP contribution in [0.4, 0.5) is 0 Å². The highest BCUT2D eigenvalue weighted by atomic mass is 16.5. The van der Waals surface area contributed by atoms with E-state index in [1.165, 1.54) is 11.1 Å². The van der Waals surface area contributed by atoms with Crippen LogP contribution in [-0.2, 0) is 4.74 Å². The fourth-order valence-corrected chi connectivity index (χ4v) is 5.60. The number of esters is 1. The summed E-state index contributed by atoms with van der Waals surface area (Å²) in [6, 6.07) is 24.9. The standard InChI is InChI=1S/C30H27N3O2/c1-4-35-30(34)29-27(21-13-7-10-16-24(21)33-29)28(25-17(2)31-22-14-8-5-11-19(22)25)26-18(3)32-23-15-9-6-12-20(23)26/h5-16,28,31-33H,4H2,1-3H3. The summed E-state index contributed by atoms with van der Waals surface area (Å²) in [4.78, 5) is 23.9. The maximum absolute atomic E-state index is 13.3. The molecule has 0 bridgehead atoms. The number of aryl methyl sites for hydroxylation is 2. The van der Waals surface area contributed by atoms with Gasteiger partial charge in [-0.3, -0.25) is 0 Å². The van der Waals surface area contributed by atoms with Gasteiger partial charge in [-0.25, -0.2) is 4.79 Å². The minimum atomic E-state index is -0.335. The molecule has 0 amide bonds. The minimum absolute atomic E-state index is 0.196. The zero-order valence-electron chi connectivity index (χ0n) is 20.0. The predicted molar refractivity (Wildman–Crippen MR) is 141 cm³/mol. The molecule has 0 aliphatic rings. The highest BCUT2D eigenvalue weighted by molar-refractivity contribution is 6.01. The average Bonchev–Trinajstić information content (AvgIpc) is 3.51. The van der Waals surface area contributed by atoms with E-state index in [-0.39, 0.29) is 11.9 Å².